The fraction of sp³-hybridized carbons (Fsp3) is 0.462. The van der Waals surface area contributed by atoms with Gasteiger partial charge in [-0.2, -0.15) is 0 Å². The number of nitrogens with zero attached hydrogens (tertiary/aromatic N) is 4. The van der Waals surface area contributed by atoms with E-state index in [9.17, 15) is 0 Å². The predicted molar refractivity (Wildman–Crippen MR) is 76.8 cm³/mol. The number of unbranched alkanes of at least 4 members (excludes halogenated alkanes) is 3. The molecule has 0 unspecified atom stereocenters. The second-order valence-electron chi connectivity index (χ2n) is 4.52. The van der Waals surface area contributed by atoms with Crippen LogP contribution in [0, 0.1) is 0 Å². The van der Waals surface area contributed by atoms with Gasteiger partial charge in [-0.25, -0.2) is 4.68 Å². The second-order valence-corrected chi connectivity index (χ2v) is 4.95. The summed E-state index contributed by atoms with van der Waals surface area (Å²) in [7, 11) is 0. The summed E-state index contributed by atoms with van der Waals surface area (Å²) in [5.74, 6) is 0.677. The Morgan fingerprint density at radius 2 is 2.11 bits per heavy atom. The Kier molecular flexibility index (Phi) is 4.74. The van der Waals surface area contributed by atoms with Crippen molar-refractivity contribution in [2.24, 2.45) is 0 Å². The summed E-state index contributed by atoms with van der Waals surface area (Å²) >= 11 is 6.00. The molecule has 19 heavy (non-hydrogen) atoms. The lowest BCUT2D eigenvalue weighted by molar-refractivity contribution is 0.531. The molecule has 0 aliphatic rings. The van der Waals surface area contributed by atoms with E-state index in [1.165, 1.54) is 19.3 Å². The van der Waals surface area contributed by atoms with Crippen LogP contribution in [0.2, 0.25) is 5.02 Å². The highest BCUT2D eigenvalue weighted by Gasteiger charge is 2.12. The van der Waals surface area contributed by atoms with Crippen molar-refractivity contribution in [3.8, 4) is 11.4 Å². The first-order chi connectivity index (χ1) is 9.22. The number of hydrogen-bond acceptors (Lipinski definition) is 4. The molecule has 0 saturated heterocycles. The van der Waals surface area contributed by atoms with Gasteiger partial charge < -0.3 is 5.73 Å². The Bertz CT molecular complexity index is 538. The minimum Gasteiger partial charge on any atom is -0.398 e. The number of aromatic nitrogens is 4. The Hall–Kier alpha value is -1.62. The van der Waals surface area contributed by atoms with Crippen LogP contribution >= 0.6 is 11.6 Å². The summed E-state index contributed by atoms with van der Waals surface area (Å²) < 4.78 is 1.79. The van der Waals surface area contributed by atoms with Crippen LogP contribution in [0.4, 0.5) is 5.69 Å². The average Bonchev–Trinajstić information content (AvgIpc) is 2.86. The van der Waals surface area contributed by atoms with Crippen LogP contribution in [0.25, 0.3) is 11.4 Å². The van der Waals surface area contributed by atoms with Gasteiger partial charge in [0.1, 0.15) is 0 Å². The second kappa shape index (κ2) is 6.52. The van der Waals surface area contributed by atoms with Gasteiger partial charge >= 0.3 is 0 Å². The van der Waals surface area contributed by atoms with Crippen molar-refractivity contribution in [1.82, 2.24) is 20.2 Å². The van der Waals surface area contributed by atoms with Gasteiger partial charge in [-0.05, 0) is 35.0 Å². The van der Waals surface area contributed by atoms with Crippen LogP contribution in [0.15, 0.2) is 18.2 Å². The van der Waals surface area contributed by atoms with E-state index >= 15 is 0 Å². The summed E-state index contributed by atoms with van der Waals surface area (Å²) in [5.41, 5.74) is 7.38. The molecule has 0 amide bonds. The van der Waals surface area contributed by atoms with Gasteiger partial charge in [0, 0.05) is 22.8 Å². The zero-order valence-corrected chi connectivity index (χ0v) is 11.8. The Morgan fingerprint density at radius 1 is 1.26 bits per heavy atom. The molecule has 0 saturated carbocycles. The van der Waals surface area contributed by atoms with Crippen LogP contribution in [0.1, 0.15) is 32.6 Å². The number of anilines is 1. The smallest absolute Gasteiger partial charge is 0.184 e. The van der Waals surface area contributed by atoms with Gasteiger partial charge in [-0.3, -0.25) is 0 Å². The number of rotatable bonds is 6. The maximum absolute atomic E-state index is 6.00. The standard InChI is InChI=1S/C13H18ClN5/c1-2-3-4-5-8-19-13(16-17-18-19)11-9-10(14)6-7-12(11)15/h6-7,9H,2-5,8,15H2,1H3. The number of benzene rings is 1. The SMILES string of the molecule is CCCCCCn1nnnc1-c1cc(Cl)ccc1N. The molecule has 2 N–H and O–H groups in total. The Balaban J connectivity index is 2.16. The molecule has 0 spiro atoms. The first-order valence-electron chi connectivity index (χ1n) is 6.54. The van der Waals surface area contributed by atoms with Crippen molar-refractivity contribution in [3.63, 3.8) is 0 Å². The molecule has 0 radical (unpaired) electrons. The quantitative estimate of drug-likeness (QED) is 0.651. The molecule has 2 rings (SSSR count). The van der Waals surface area contributed by atoms with Crippen LogP contribution < -0.4 is 5.73 Å². The van der Waals surface area contributed by atoms with Crippen molar-refractivity contribution >= 4 is 17.3 Å². The summed E-state index contributed by atoms with van der Waals surface area (Å²) in [5, 5.41) is 12.4. The van der Waals surface area contributed by atoms with E-state index in [1.54, 1.807) is 22.9 Å². The summed E-state index contributed by atoms with van der Waals surface area (Å²) in [4.78, 5) is 0. The van der Waals surface area contributed by atoms with Crippen LogP contribution in [0.5, 0.6) is 0 Å². The highest BCUT2D eigenvalue weighted by atomic mass is 35.5. The van der Waals surface area contributed by atoms with E-state index in [-0.39, 0.29) is 0 Å². The molecule has 5 nitrogen and oxygen atoms in total. The van der Waals surface area contributed by atoms with Gasteiger partial charge in [0.05, 0.1) is 0 Å². The van der Waals surface area contributed by atoms with E-state index in [4.69, 9.17) is 17.3 Å². The van der Waals surface area contributed by atoms with Gasteiger partial charge in [0.15, 0.2) is 5.82 Å². The van der Waals surface area contributed by atoms with Crippen molar-refractivity contribution < 1.29 is 0 Å². The molecule has 0 fully saturated rings. The third kappa shape index (κ3) is 3.44. The molecule has 102 valence electrons. The number of halogens is 1. The zero-order chi connectivity index (χ0) is 13.7. The van der Waals surface area contributed by atoms with E-state index in [1.807, 2.05) is 0 Å². The Morgan fingerprint density at radius 3 is 2.89 bits per heavy atom. The number of tetrazole rings is 1. The van der Waals surface area contributed by atoms with Gasteiger partial charge in [0.25, 0.3) is 0 Å². The fourth-order valence-electron chi connectivity index (χ4n) is 1.96. The van der Waals surface area contributed by atoms with Crippen LogP contribution in [0.3, 0.4) is 0 Å². The maximum Gasteiger partial charge on any atom is 0.184 e. The van der Waals surface area contributed by atoms with Crippen molar-refractivity contribution in [3.05, 3.63) is 23.2 Å². The predicted octanol–water partition coefficient (Wildman–Crippen LogP) is 3.16. The van der Waals surface area contributed by atoms with Crippen LogP contribution in [-0.4, -0.2) is 20.2 Å². The molecular formula is C13H18ClN5. The highest BCUT2D eigenvalue weighted by molar-refractivity contribution is 6.31. The molecule has 0 aliphatic carbocycles. The minimum absolute atomic E-state index is 0.629. The topological polar surface area (TPSA) is 69.6 Å². The summed E-state index contributed by atoms with van der Waals surface area (Å²) in [6, 6.07) is 5.33. The molecule has 1 heterocycles. The molecule has 0 bridgehead atoms. The minimum atomic E-state index is 0.629. The number of nitrogen functional groups attached to an aromatic ring is 1. The fourth-order valence-corrected chi connectivity index (χ4v) is 2.13. The third-order valence-electron chi connectivity index (χ3n) is 3.01. The normalized spacial score (nSPS) is 10.8. The first kappa shape index (κ1) is 13.8. The lowest BCUT2D eigenvalue weighted by Crippen LogP contribution is -2.04. The maximum atomic E-state index is 6.00. The van der Waals surface area contributed by atoms with E-state index in [0.29, 0.717) is 16.5 Å². The molecule has 1 aromatic heterocycles. The molecular weight excluding hydrogens is 262 g/mol. The Labute approximate surface area is 117 Å². The zero-order valence-electron chi connectivity index (χ0n) is 11.0. The molecule has 1 aromatic carbocycles. The van der Waals surface area contributed by atoms with Gasteiger partial charge in [-0.1, -0.05) is 37.8 Å². The lowest BCUT2D eigenvalue weighted by Gasteiger charge is -2.07. The summed E-state index contributed by atoms with van der Waals surface area (Å²) in [6.45, 7) is 2.99. The molecule has 0 atom stereocenters. The van der Waals surface area contributed by atoms with Crippen molar-refractivity contribution in [2.45, 2.75) is 39.2 Å². The number of hydrogen-bond donors (Lipinski definition) is 1. The van der Waals surface area contributed by atoms with Crippen LogP contribution in [-0.2, 0) is 6.54 Å². The third-order valence-corrected chi connectivity index (χ3v) is 3.25. The van der Waals surface area contributed by atoms with Gasteiger partial charge in [0.2, 0.25) is 0 Å². The molecule has 6 heteroatoms. The van der Waals surface area contributed by atoms with E-state index in [2.05, 4.69) is 22.4 Å². The van der Waals surface area contributed by atoms with E-state index < -0.39 is 0 Å². The number of aryl methyl sites for hydroxylation is 1. The first-order valence-corrected chi connectivity index (χ1v) is 6.91. The molecule has 2 aromatic rings. The molecule has 0 aliphatic heterocycles. The van der Waals surface area contributed by atoms with E-state index in [0.717, 1.165) is 18.5 Å². The largest absolute Gasteiger partial charge is 0.398 e. The lowest BCUT2D eigenvalue weighted by atomic mass is 10.1. The number of nitrogens with two attached hydrogens (primary N) is 1. The average molecular weight is 280 g/mol. The monoisotopic (exact) mass is 279 g/mol. The van der Waals surface area contributed by atoms with Crippen molar-refractivity contribution in [2.75, 3.05) is 5.73 Å². The highest BCUT2D eigenvalue weighted by Crippen LogP contribution is 2.26. The van der Waals surface area contributed by atoms with Crippen molar-refractivity contribution in [1.29, 1.82) is 0 Å². The summed E-state index contributed by atoms with van der Waals surface area (Å²) in [6.07, 6.45) is 4.69. The van der Waals surface area contributed by atoms with Gasteiger partial charge in [-0.15, -0.1) is 5.10 Å².